The number of nitrogens with zero attached hydrogens (tertiary/aromatic N) is 1. The third kappa shape index (κ3) is 3.14. The third-order valence-corrected chi connectivity index (χ3v) is 1.89. The second-order valence-electron chi connectivity index (χ2n) is 3.87. The van der Waals surface area contributed by atoms with Gasteiger partial charge in [-0.3, -0.25) is 0 Å². The number of rotatable bonds is 1. The summed E-state index contributed by atoms with van der Waals surface area (Å²) in [6.45, 7) is 4.20. The highest BCUT2D eigenvalue weighted by atomic mass is 15.1. The Kier molecular flexibility index (Phi) is 3.59. The van der Waals surface area contributed by atoms with Crippen molar-refractivity contribution in [3.63, 3.8) is 0 Å². The SMILES string of the molecule is CC(C)C#Cc1ccc(N(C)C)cc1. The van der Waals surface area contributed by atoms with Gasteiger partial charge < -0.3 is 4.90 Å². The van der Waals surface area contributed by atoms with Crippen molar-refractivity contribution >= 4 is 5.69 Å². The number of hydrogen-bond acceptors (Lipinski definition) is 1. The molecule has 0 aliphatic heterocycles. The molecular weight excluding hydrogens is 170 g/mol. The third-order valence-electron chi connectivity index (χ3n) is 1.89. The molecule has 0 amide bonds. The molecule has 0 heterocycles. The molecule has 0 radical (unpaired) electrons. The molecule has 74 valence electrons. The summed E-state index contributed by atoms with van der Waals surface area (Å²) in [6.07, 6.45) is 0. The largest absolute Gasteiger partial charge is 0.378 e. The molecule has 1 nitrogen and oxygen atoms in total. The minimum Gasteiger partial charge on any atom is -0.378 e. The summed E-state index contributed by atoms with van der Waals surface area (Å²) in [5.74, 6) is 6.72. The van der Waals surface area contributed by atoms with Crippen LogP contribution in [0.4, 0.5) is 5.69 Å². The van der Waals surface area contributed by atoms with Crippen molar-refractivity contribution in [2.45, 2.75) is 13.8 Å². The van der Waals surface area contributed by atoms with Crippen LogP contribution >= 0.6 is 0 Å². The minimum absolute atomic E-state index is 0.434. The zero-order valence-electron chi connectivity index (χ0n) is 9.33. The summed E-state index contributed by atoms with van der Waals surface area (Å²) in [7, 11) is 4.07. The van der Waals surface area contributed by atoms with E-state index < -0.39 is 0 Å². The van der Waals surface area contributed by atoms with Gasteiger partial charge in [-0.2, -0.15) is 0 Å². The zero-order chi connectivity index (χ0) is 10.6. The monoisotopic (exact) mass is 187 g/mol. The molecule has 0 saturated carbocycles. The summed E-state index contributed by atoms with van der Waals surface area (Å²) in [5, 5.41) is 0. The standard InChI is InChI=1S/C13H17N/c1-11(2)5-6-12-7-9-13(10-8-12)14(3)4/h7-11H,1-4H3. The van der Waals surface area contributed by atoms with Crippen molar-refractivity contribution in [3.8, 4) is 11.8 Å². The van der Waals surface area contributed by atoms with E-state index in [1.54, 1.807) is 0 Å². The first-order chi connectivity index (χ1) is 6.59. The summed E-state index contributed by atoms with van der Waals surface area (Å²) < 4.78 is 0. The normalized spacial score (nSPS) is 9.50. The van der Waals surface area contributed by atoms with Gasteiger partial charge in [0.2, 0.25) is 0 Å². The van der Waals surface area contributed by atoms with Gasteiger partial charge in [0.15, 0.2) is 0 Å². The maximum absolute atomic E-state index is 3.15. The molecule has 0 aliphatic rings. The lowest BCUT2D eigenvalue weighted by Crippen LogP contribution is -2.07. The van der Waals surface area contributed by atoms with E-state index in [0.29, 0.717) is 5.92 Å². The van der Waals surface area contributed by atoms with Gasteiger partial charge in [-0.15, -0.1) is 0 Å². The van der Waals surface area contributed by atoms with Gasteiger partial charge in [0.05, 0.1) is 0 Å². The van der Waals surface area contributed by atoms with Crippen molar-refractivity contribution in [1.82, 2.24) is 0 Å². The highest BCUT2D eigenvalue weighted by Crippen LogP contribution is 2.11. The van der Waals surface area contributed by atoms with Crippen molar-refractivity contribution in [1.29, 1.82) is 0 Å². The Hall–Kier alpha value is -1.42. The molecule has 14 heavy (non-hydrogen) atoms. The highest BCUT2D eigenvalue weighted by Gasteiger charge is 1.93. The second-order valence-corrected chi connectivity index (χ2v) is 3.87. The molecule has 0 fully saturated rings. The summed E-state index contributed by atoms with van der Waals surface area (Å²) in [6, 6.07) is 8.30. The van der Waals surface area contributed by atoms with Gasteiger partial charge in [0.25, 0.3) is 0 Å². The maximum atomic E-state index is 3.15. The van der Waals surface area contributed by atoms with Gasteiger partial charge in [-0.25, -0.2) is 0 Å². The highest BCUT2D eigenvalue weighted by molar-refractivity contribution is 5.49. The predicted octanol–water partition coefficient (Wildman–Crippen LogP) is 2.76. The van der Waals surface area contributed by atoms with Crippen LogP contribution in [0.3, 0.4) is 0 Å². The first kappa shape index (κ1) is 10.7. The fraction of sp³-hybridized carbons (Fsp3) is 0.385. The van der Waals surface area contributed by atoms with Crippen LogP contribution in [0.15, 0.2) is 24.3 Å². The molecule has 0 bridgehead atoms. The molecule has 0 aliphatic carbocycles. The van der Waals surface area contributed by atoms with Gasteiger partial charge in [0, 0.05) is 31.3 Å². The zero-order valence-corrected chi connectivity index (χ0v) is 9.33. The lowest BCUT2D eigenvalue weighted by atomic mass is 10.1. The topological polar surface area (TPSA) is 3.24 Å². The van der Waals surface area contributed by atoms with E-state index in [0.717, 1.165) is 5.56 Å². The smallest absolute Gasteiger partial charge is 0.0361 e. The van der Waals surface area contributed by atoms with E-state index in [4.69, 9.17) is 0 Å². The van der Waals surface area contributed by atoms with E-state index in [1.165, 1.54) is 5.69 Å². The predicted molar refractivity (Wildman–Crippen MR) is 62.5 cm³/mol. The lowest BCUT2D eigenvalue weighted by molar-refractivity contribution is 0.866. The van der Waals surface area contributed by atoms with E-state index in [1.807, 2.05) is 14.1 Å². The molecule has 1 rings (SSSR count). The van der Waals surface area contributed by atoms with E-state index >= 15 is 0 Å². The van der Waals surface area contributed by atoms with Crippen molar-refractivity contribution in [2.24, 2.45) is 5.92 Å². The summed E-state index contributed by atoms with van der Waals surface area (Å²) in [4.78, 5) is 2.08. The Labute approximate surface area is 86.7 Å². The van der Waals surface area contributed by atoms with Crippen molar-refractivity contribution in [3.05, 3.63) is 29.8 Å². The van der Waals surface area contributed by atoms with Crippen molar-refractivity contribution in [2.75, 3.05) is 19.0 Å². The molecule has 0 N–H and O–H groups in total. The van der Waals surface area contributed by atoms with Crippen LogP contribution in [-0.2, 0) is 0 Å². The average molecular weight is 187 g/mol. The van der Waals surface area contributed by atoms with Crippen LogP contribution in [0.5, 0.6) is 0 Å². The quantitative estimate of drug-likeness (QED) is 0.611. The lowest BCUT2D eigenvalue weighted by Gasteiger charge is -2.11. The summed E-state index contributed by atoms with van der Waals surface area (Å²) >= 11 is 0. The Balaban J connectivity index is 2.80. The van der Waals surface area contributed by atoms with E-state index in [9.17, 15) is 0 Å². The summed E-state index contributed by atoms with van der Waals surface area (Å²) in [5.41, 5.74) is 2.30. The fourth-order valence-electron chi connectivity index (χ4n) is 1.07. The number of benzene rings is 1. The molecule has 0 aromatic heterocycles. The first-order valence-electron chi connectivity index (χ1n) is 4.88. The van der Waals surface area contributed by atoms with Crippen LogP contribution in [0.2, 0.25) is 0 Å². The fourth-order valence-corrected chi connectivity index (χ4v) is 1.07. The molecule has 0 spiro atoms. The molecular formula is C13H17N. The second kappa shape index (κ2) is 4.72. The van der Waals surface area contributed by atoms with Gasteiger partial charge in [-0.05, 0) is 24.3 Å². The number of anilines is 1. The molecule has 1 aromatic rings. The molecule has 0 atom stereocenters. The Morgan fingerprint density at radius 2 is 1.64 bits per heavy atom. The molecule has 0 saturated heterocycles. The minimum atomic E-state index is 0.434. The average Bonchev–Trinajstić information content (AvgIpc) is 2.15. The van der Waals surface area contributed by atoms with Gasteiger partial charge in [0.1, 0.15) is 0 Å². The number of hydrogen-bond donors (Lipinski definition) is 0. The first-order valence-corrected chi connectivity index (χ1v) is 4.88. The van der Waals surface area contributed by atoms with Gasteiger partial charge >= 0.3 is 0 Å². The van der Waals surface area contributed by atoms with Crippen LogP contribution in [0.1, 0.15) is 19.4 Å². The Morgan fingerprint density at radius 1 is 1.07 bits per heavy atom. The van der Waals surface area contributed by atoms with Crippen LogP contribution in [0, 0.1) is 17.8 Å². The van der Waals surface area contributed by atoms with Gasteiger partial charge in [-0.1, -0.05) is 25.7 Å². The molecule has 1 aromatic carbocycles. The van der Waals surface area contributed by atoms with E-state index in [2.05, 4.69) is 54.9 Å². The molecule has 0 unspecified atom stereocenters. The Bertz CT molecular complexity index is 336. The van der Waals surface area contributed by atoms with E-state index in [-0.39, 0.29) is 0 Å². The van der Waals surface area contributed by atoms with Crippen LogP contribution in [0.25, 0.3) is 0 Å². The van der Waals surface area contributed by atoms with Crippen LogP contribution < -0.4 is 4.90 Å². The Morgan fingerprint density at radius 3 is 2.07 bits per heavy atom. The van der Waals surface area contributed by atoms with Crippen molar-refractivity contribution < 1.29 is 0 Å². The maximum Gasteiger partial charge on any atom is 0.0361 e. The molecule has 1 heteroatoms. The van der Waals surface area contributed by atoms with Crippen LogP contribution in [-0.4, -0.2) is 14.1 Å².